The number of benzene rings is 1. The van der Waals surface area contributed by atoms with E-state index in [0.717, 1.165) is 42.5 Å². The van der Waals surface area contributed by atoms with Gasteiger partial charge < -0.3 is 20.3 Å². The van der Waals surface area contributed by atoms with E-state index in [-0.39, 0.29) is 30.4 Å². The molecule has 10 heteroatoms. The molecular weight excluding hydrogens is 492 g/mol. The van der Waals surface area contributed by atoms with Crippen LogP contribution in [0.3, 0.4) is 0 Å². The van der Waals surface area contributed by atoms with Crippen LogP contribution in [0.2, 0.25) is 5.02 Å². The maximum absolute atomic E-state index is 13.2. The van der Waals surface area contributed by atoms with Crippen LogP contribution in [-0.2, 0) is 22.5 Å². The molecule has 0 spiro atoms. The zero-order valence-corrected chi connectivity index (χ0v) is 21.0. The quantitative estimate of drug-likeness (QED) is 0.513. The lowest BCUT2D eigenvalue weighted by Gasteiger charge is -2.23. The Labute approximate surface area is 219 Å². The van der Waals surface area contributed by atoms with Crippen molar-refractivity contribution in [3.63, 3.8) is 0 Å². The summed E-state index contributed by atoms with van der Waals surface area (Å²) in [5.74, 6) is 0.134. The summed E-state index contributed by atoms with van der Waals surface area (Å²) in [5.41, 5.74) is 4.82. The highest BCUT2D eigenvalue weighted by atomic mass is 35.5. The average Bonchev–Trinajstić information content (AvgIpc) is 3.46. The van der Waals surface area contributed by atoms with E-state index < -0.39 is 0 Å². The average molecular weight is 519 g/mol. The number of aryl methyl sites for hydroxylation is 1. The van der Waals surface area contributed by atoms with E-state index >= 15 is 0 Å². The van der Waals surface area contributed by atoms with Crippen LogP contribution in [0.25, 0.3) is 11.3 Å². The number of rotatable bonds is 6. The van der Waals surface area contributed by atoms with Gasteiger partial charge in [0.25, 0.3) is 5.91 Å². The third kappa shape index (κ3) is 4.89. The van der Waals surface area contributed by atoms with Gasteiger partial charge in [-0.25, -0.2) is 9.97 Å². The Morgan fingerprint density at radius 1 is 1.14 bits per heavy atom. The van der Waals surface area contributed by atoms with Gasteiger partial charge in [0.15, 0.2) is 0 Å². The second-order valence-corrected chi connectivity index (χ2v) is 10.1. The molecule has 1 saturated heterocycles. The highest BCUT2D eigenvalue weighted by molar-refractivity contribution is 6.33. The van der Waals surface area contributed by atoms with Crippen LogP contribution in [-0.4, -0.2) is 57.5 Å². The third-order valence-electron chi connectivity index (χ3n) is 7.19. The molecule has 1 fully saturated rings. The number of nitrogens with zero attached hydrogens (tertiary/aromatic N) is 4. The molecule has 2 N–H and O–H groups in total. The summed E-state index contributed by atoms with van der Waals surface area (Å²) in [5, 5.41) is 6.81. The van der Waals surface area contributed by atoms with Crippen molar-refractivity contribution in [3.8, 4) is 11.3 Å². The Balaban J connectivity index is 1.14. The molecule has 4 heterocycles. The van der Waals surface area contributed by atoms with Gasteiger partial charge >= 0.3 is 0 Å². The van der Waals surface area contributed by atoms with Gasteiger partial charge in [-0.2, -0.15) is 0 Å². The topological polar surface area (TPSA) is 109 Å². The minimum Gasteiger partial charge on any atom is -0.381 e. The molecule has 37 heavy (non-hydrogen) atoms. The number of pyridine rings is 1. The van der Waals surface area contributed by atoms with E-state index in [4.69, 9.17) is 16.3 Å². The zero-order chi connectivity index (χ0) is 25.4. The van der Waals surface area contributed by atoms with Crippen LogP contribution >= 0.6 is 11.6 Å². The zero-order valence-electron chi connectivity index (χ0n) is 20.2. The van der Waals surface area contributed by atoms with Crippen molar-refractivity contribution in [1.82, 2.24) is 25.2 Å². The fraction of sp³-hybridized carbons (Fsp3) is 0.370. The molecule has 3 aromatic rings. The molecule has 1 aliphatic carbocycles. The summed E-state index contributed by atoms with van der Waals surface area (Å²) in [6.07, 6.45) is 6.82. The number of nitrogens with one attached hydrogen (secondary N) is 2. The molecule has 0 radical (unpaired) electrons. The second kappa shape index (κ2) is 10.1. The summed E-state index contributed by atoms with van der Waals surface area (Å²) in [7, 11) is 0. The summed E-state index contributed by atoms with van der Waals surface area (Å²) in [4.78, 5) is 41.0. The van der Waals surface area contributed by atoms with Gasteiger partial charge in [-0.05, 0) is 48.9 Å². The maximum atomic E-state index is 13.2. The smallest absolute Gasteiger partial charge is 0.254 e. The minimum atomic E-state index is -0.187. The molecule has 3 aliphatic rings. The fourth-order valence-electron chi connectivity index (χ4n) is 5.27. The van der Waals surface area contributed by atoms with Crippen molar-refractivity contribution < 1.29 is 14.3 Å². The number of amides is 2. The molecule has 2 amide bonds. The van der Waals surface area contributed by atoms with E-state index in [9.17, 15) is 9.59 Å². The highest BCUT2D eigenvalue weighted by Gasteiger charge is 2.31. The first-order valence-electron chi connectivity index (χ1n) is 12.6. The summed E-state index contributed by atoms with van der Waals surface area (Å²) < 4.78 is 5.42. The van der Waals surface area contributed by atoms with Crippen LogP contribution in [0.5, 0.6) is 0 Å². The number of aromatic nitrogens is 3. The number of anilines is 1. The van der Waals surface area contributed by atoms with Crippen LogP contribution in [0.4, 0.5) is 5.95 Å². The molecule has 1 aromatic carbocycles. The molecule has 2 aliphatic heterocycles. The molecular formula is C27H27ClN6O3. The number of hydrogen-bond acceptors (Lipinski definition) is 7. The number of hydrogen-bond donors (Lipinski definition) is 2. The number of carbonyl (C=O) groups excluding carboxylic acids is 2. The van der Waals surface area contributed by atoms with Crippen LogP contribution in [0.15, 0.2) is 42.7 Å². The molecule has 190 valence electrons. The third-order valence-corrected chi connectivity index (χ3v) is 7.47. The van der Waals surface area contributed by atoms with Crippen molar-refractivity contribution in [2.24, 2.45) is 0 Å². The second-order valence-electron chi connectivity index (χ2n) is 9.66. The Bertz CT molecular complexity index is 1360. The Morgan fingerprint density at radius 2 is 2.00 bits per heavy atom. The van der Waals surface area contributed by atoms with Gasteiger partial charge in [-0.15, -0.1) is 0 Å². The number of halogens is 1. The molecule has 6 rings (SSSR count). The first-order valence-corrected chi connectivity index (χ1v) is 13.0. The standard InChI is InChI=1S/C27H27ClN6O3/c28-21-13-30-27(31-19-7-10-37-11-8-19)33-24(21)17-3-4-18-14-34(26(36)20(18)12-17)15-23(35)32-22-6-5-16-2-1-9-29-25(16)22/h1-4,9,12-13,19,22H,5-8,10-11,14-15H2,(H,32,35)(H,30,31,33). The van der Waals surface area contributed by atoms with Gasteiger partial charge in [-0.1, -0.05) is 29.8 Å². The SMILES string of the molecule is O=C(CN1Cc2ccc(-c3nc(NC4CCOCC4)ncc3Cl)cc2C1=O)NC1CCc2cccnc21. The maximum Gasteiger partial charge on any atom is 0.254 e. The summed E-state index contributed by atoms with van der Waals surface area (Å²) >= 11 is 6.45. The van der Waals surface area contributed by atoms with Crippen LogP contribution in [0, 0.1) is 0 Å². The molecule has 1 unspecified atom stereocenters. The number of ether oxygens (including phenoxy) is 1. The van der Waals surface area contributed by atoms with Crippen molar-refractivity contribution >= 4 is 29.4 Å². The molecule has 0 bridgehead atoms. The van der Waals surface area contributed by atoms with E-state index in [2.05, 4.69) is 25.6 Å². The summed E-state index contributed by atoms with van der Waals surface area (Å²) in [6, 6.07) is 9.71. The largest absolute Gasteiger partial charge is 0.381 e. The van der Waals surface area contributed by atoms with E-state index in [1.165, 1.54) is 5.56 Å². The van der Waals surface area contributed by atoms with Crippen LogP contribution < -0.4 is 10.6 Å². The van der Waals surface area contributed by atoms with E-state index in [1.807, 2.05) is 24.3 Å². The predicted octanol–water partition coefficient (Wildman–Crippen LogP) is 3.54. The molecule has 1 atom stereocenters. The van der Waals surface area contributed by atoms with Crippen molar-refractivity contribution in [1.29, 1.82) is 0 Å². The first kappa shape index (κ1) is 23.8. The number of carbonyl (C=O) groups is 2. The first-order chi connectivity index (χ1) is 18.0. The van der Waals surface area contributed by atoms with Crippen molar-refractivity contribution in [2.45, 2.75) is 44.3 Å². The summed E-state index contributed by atoms with van der Waals surface area (Å²) in [6.45, 7) is 1.80. The minimum absolute atomic E-state index is 0.00501. The van der Waals surface area contributed by atoms with Gasteiger partial charge in [0, 0.05) is 43.1 Å². The predicted molar refractivity (Wildman–Crippen MR) is 138 cm³/mol. The van der Waals surface area contributed by atoms with Gasteiger partial charge in [0.05, 0.1) is 28.6 Å². The highest BCUT2D eigenvalue weighted by Crippen LogP contribution is 2.32. The van der Waals surface area contributed by atoms with Crippen molar-refractivity contribution in [3.05, 3.63) is 70.1 Å². The lowest BCUT2D eigenvalue weighted by molar-refractivity contribution is -0.122. The molecule has 9 nitrogen and oxygen atoms in total. The lowest BCUT2D eigenvalue weighted by atomic mass is 10.0. The molecule has 0 saturated carbocycles. The van der Waals surface area contributed by atoms with Gasteiger partial charge in [-0.3, -0.25) is 14.6 Å². The fourth-order valence-corrected chi connectivity index (χ4v) is 5.47. The monoisotopic (exact) mass is 518 g/mol. The molecule has 2 aromatic heterocycles. The van der Waals surface area contributed by atoms with Gasteiger partial charge in [0.2, 0.25) is 11.9 Å². The van der Waals surface area contributed by atoms with Crippen molar-refractivity contribution in [2.75, 3.05) is 25.1 Å². The Morgan fingerprint density at radius 3 is 2.86 bits per heavy atom. The van der Waals surface area contributed by atoms with Gasteiger partial charge in [0.1, 0.15) is 6.54 Å². The van der Waals surface area contributed by atoms with Crippen LogP contribution in [0.1, 0.15) is 52.5 Å². The number of fused-ring (bicyclic) bond motifs is 2. The normalized spacial score (nSPS) is 19.0. The Hall–Kier alpha value is -3.56. The Kier molecular flexibility index (Phi) is 6.48. The van der Waals surface area contributed by atoms with E-state index in [1.54, 1.807) is 23.4 Å². The lowest BCUT2D eigenvalue weighted by Crippen LogP contribution is -2.38. The van der Waals surface area contributed by atoms with E-state index in [0.29, 0.717) is 42.0 Å².